The molecule has 2 aromatic heterocycles. The molecule has 6 nitrogen and oxygen atoms in total. The van der Waals surface area contributed by atoms with Crippen molar-refractivity contribution in [1.82, 2.24) is 20.3 Å². The third-order valence-corrected chi connectivity index (χ3v) is 3.93. The first-order chi connectivity index (χ1) is 12.0. The van der Waals surface area contributed by atoms with Gasteiger partial charge in [0.2, 0.25) is 5.88 Å². The molecule has 2 unspecified atom stereocenters. The molecule has 2 heterocycles. The molecule has 0 radical (unpaired) electrons. The van der Waals surface area contributed by atoms with Gasteiger partial charge in [-0.3, -0.25) is 4.79 Å². The Labute approximate surface area is 143 Å². The minimum atomic E-state index is -1.62. The summed E-state index contributed by atoms with van der Waals surface area (Å²) in [6.45, 7) is 3.87. The first-order valence-corrected chi connectivity index (χ1v) is 7.99. The second kappa shape index (κ2) is 7.00. The lowest BCUT2D eigenvalue weighted by Gasteiger charge is -2.19. The van der Waals surface area contributed by atoms with E-state index >= 15 is 0 Å². The van der Waals surface area contributed by atoms with Crippen molar-refractivity contribution < 1.29 is 18.3 Å². The zero-order chi connectivity index (χ0) is 18.0. The van der Waals surface area contributed by atoms with Crippen LogP contribution in [0.5, 0.6) is 5.88 Å². The molecular formula is C17H18F2N4O2. The number of aromatic amines is 1. The number of nitrogens with zero attached hydrogens (tertiary/aromatic N) is 2. The Morgan fingerprint density at radius 2 is 2.32 bits per heavy atom. The van der Waals surface area contributed by atoms with Crippen LogP contribution in [0, 0.1) is 0 Å². The predicted octanol–water partition coefficient (Wildman–Crippen LogP) is 2.99. The molecule has 0 fully saturated rings. The van der Waals surface area contributed by atoms with Crippen molar-refractivity contribution in [3.05, 3.63) is 42.0 Å². The summed E-state index contributed by atoms with van der Waals surface area (Å²) in [5.41, 5.74) is 1.08. The number of aromatic nitrogens is 3. The second-order valence-electron chi connectivity index (χ2n) is 5.83. The maximum absolute atomic E-state index is 13.8. The van der Waals surface area contributed by atoms with E-state index in [9.17, 15) is 13.6 Å². The molecule has 0 aliphatic heterocycles. The number of allylic oxidation sites excluding steroid dienone is 2. The summed E-state index contributed by atoms with van der Waals surface area (Å²) in [7, 11) is 0. The van der Waals surface area contributed by atoms with Gasteiger partial charge in [-0.1, -0.05) is 6.92 Å². The standard InChI is InChI=1S/C17H18F2N4O2/c1-3-9(2)22-17(24)11-7-20-16-15(11)23-14(8-21-16)25-13-5-4-10(18)6-12(13)19/h4-9,12-13H,3H2,1-2H3,(H,20,21)(H,22,24)/t9-,12?,13?/m1/s1. The van der Waals surface area contributed by atoms with E-state index in [0.717, 1.165) is 18.6 Å². The topological polar surface area (TPSA) is 79.9 Å². The van der Waals surface area contributed by atoms with Crippen LogP contribution in [0.15, 0.2) is 36.4 Å². The molecular weight excluding hydrogens is 330 g/mol. The summed E-state index contributed by atoms with van der Waals surface area (Å²) in [6, 6.07) is 0.0196. The van der Waals surface area contributed by atoms with Gasteiger partial charge in [0.15, 0.2) is 17.9 Å². The Morgan fingerprint density at radius 1 is 1.52 bits per heavy atom. The summed E-state index contributed by atoms with van der Waals surface area (Å²) in [4.78, 5) is 23.6. The van der Waals surface area contributed by atoms with Gasteiger partial charge in [-0.15, -0.1) is 0 Å². The van der Waals surface area contributed by atoms with E-state index in [-0.39, 0.29) is 17.8 Å². The molecule has 3 atom stereocenters. The van der Waals surface area contributed by atoms with Crippen molar-refractivity contribution in [2.75, 3.05) is 0 Å². The average molecular weight is 348 g/mol. The van der Waals surface area contributed by atoms with Gasteiger partial charge < -0.3 is 15.0 Å². The zero-order valence-electron chi connectivity index (χ0n) is 13.8. The van der Waals surface area contributed by atoms with Crippen LogP contribution in [0.25, 0.3) is 11.2 Å². The number of hydrogen-bond acceptors (Lipinski definition) is 4. The Kier molecular flexibility index (Phi) is 4.78. The minimum Gasteiger partial charge on any atom is -0.466 e. The summed E-state index contributed by atoms with van der Waals surface area (Å²) in [6.07, 6.45) is 4.26. The first kappa shape index (κ1) is 17.1. The maximum atomic E-state index is 13.8. The Balaban J connectivity index is 1.83. The molecule has 3 rings (SSSR count). The minimum absolute atomic E-state index is 0.0196. The van der Waals surface area contributed by atoms with Crippen molar-refractivity contribution in [2.45, 2.75) is 38.6 Å². The summed E-state index contributed by atoms with van der Waals surface area (Å²) in [5.74, 6) is -0.876. The van der Waals surface area contributed by atoms with Crippen LogP contribution in [-0.4, -0.2) is 39.2 Å². The van der Waals surface area contributed by atoms with Crippen LogP contribution in [0.3, 0.4) is 0 Å². The van der Waals surface area contributed by atoms with Gasteiger partial charge in [0, 0.05) is 12.2 Å². The maximum Gasteiger partial charge on any atom is 0.255 e. The van der Waals surface area contributed by atoms with Crippen molar-refractivity contribution in [1.29, 1.82) is 0 Å². The molecule has 0 spiro atoms. The van der Waals surface area contributed by atoms with Crippen molar-refractivity contribution in [2.24, 2.45) is 0 Å². The lowest BCUT2D eigenvalue weighted by molar-refractivity contribution is 0.0940. The lowest BCUT2D eigenvalue weighted by Crippen LogP contribution is -2.31. The van der Waals surface area contributed by atoms with Crippen LogP contribution in [0.2, 0.25) is 0 Å². The van der Waals surface area contributed by atoms with E-state index in [2.05, 4.69) is 20.3 Å². The average Bonchev–Trinajstić information content (AvgIpc) is 3.00. The van der Waals surface area contributed by atoms with Crippen molar-refractivity contribution in [3.63, 3.8) is 0 Å². The van der Waals surface area contributed by atoms with E-state index in [1.165, 1.54) is 18.5 Å². The molecule has 2 N–H and O–H groups in total. The number of alkyl halides is 1. The monoisotopic (exact) mass is 348 g/mol. The third-order valence-electron chi connectivity index (χ3n) is 3.93. The molecule has 25 heavy (non-hydrogen) atoms. The lowest BCUT2D eigenvalue weighted by atomic mass is 10.1. The fourth-order valence-electron chi connectivity index (χ4n) is 2.35. The van der Waals surface area contributed by atoms with Gasteiger partial charge in [-0.2, -0.15) is 0 Å². The Morgan fingerprint density at radius 3 is 3.04 bits per heavy atom. The fourth-order valence-corrected chi connectivity index (χ4v) is 2.35. The van der Waals surface area contributed by atoms with Gasteiger partial charge in [-0.25, -0.2) is 18.7 Å². The first-order valence-electron chi connectivity index (χ1n) is 7.99. The van der Waals surface area contributed by atoms with Gasteiger partial charge in [0.05, 0.1) is 11.8 Å². The molecule has 0 saturated carbocycles. The van der Waals surface area contributed by atoms with Crippen LogP contribution >= 0.6 is 0 Å². The second-order valence-corrected chi connectivity index (χ2v) is 5.83. The highest BCUT2D eigenvalue weighted by atomic mass is 19.1. The SMILES string of the molecule is CC[C@@H](C)NC(=O)c1c[nH]c2ncc(OC3C=CC(F)=CC3F)nc12. The molecule has 1 amide bonds. The number of hydrogen-bond donors (Lipinski definition) is 2. The van der Waals surface area contributed by atoms with Gasteiger partial charge >= 0.3 is 0 Å². The summed E-state index contributed by atoms with van der Waals surface area (Å²) in [5, 5.41) is 2.85. The number of H-pyrrole nitrogens is 1. The van der Waals surface area contributed by atoms with Crippen molar-refractivity contribution >= 4 is 17.1 Å². The number of nitrogens with one attached hydrogen (secondary N) is 2. The zero-order valence-corrected chi connectivity index (χ0v) is 13.8. The third kappa shape index (κ3) is 3.67. The summed E-state index contributed by atoms with van der Waals surface area (Å²) >= 11 is 0. The van der Waals surface area contributed by atoms with Crippen LogP contribution < -0.4 is 10.1 Å². The Bertz CT molecular complexity index is 846. The number of carbonyl (C=O) groups excluding carboxylic acids is 1. The molecule has 8 heteroatoms. The molecule has 0 bridgehead atoms. The quantitative estimate of drug-likeness (QED) is 0.870. The number of rotatable bonds is 5. The smallest absolute Gasteiger partial charge is 0.255 e. The highest BCUT2D eigenvalue weighted by molar-refractivity contribution is 6.04. The molecule has 1 aliphatic rings. The highest BCUT2D eigenvalue weighted by Crippen LogP contribution is 2.22. The van der Waals surface area contributed by atoms with E-state index < -0.39 is 18.1 Å². The molecule has 0 aromatic carbocycles. The van der Waals surface area contributed by atoms with Crippen LogP contribution in [0.1, 0.15) is 30.6 Å². The number of carbonyl (C=O) groups is 1. The number of fused-ring (bicyclic) bond motifs is 1. The van der Waals surface area contributed by atoms with Crippen molar-refractivity contribution in [3.8, 4) is 5.88 Å². The number of ether oxygens (including phenoxy) is 1. The molecule has 1 aliphatic carbocycles. The van der Waals surface area contributed by atoms with Gasteiger partial charge in [0.25, 0.3) is 5.91 Å². The number of halogens is 2. The summed E-state index contributed by atoms with van der Waals surface area (Å²) < 4.78 is 32.2. The number of amides is 1. The van der Waals surface area contributed by atoms with Crippen LogP contribution in [-0.2, 0) is 0 Å². The van der Waals surface area contributed by atoms with Gasteiger partial charge in [0.1, 0.15) is 11.3 Å². The largest absolute Gasteiger partial charge is 0.466 e. The fraction of sp³-hybridized carbons (Fsp3) is 0.353. The normalized spacial score (nSPS) is 21.0. The van der Waals surface area contributed by atoms with E-state index in [4.69, 9.17) is 4.74 Å². The predicted molar refractivity (Wildman–Crippen MR) is 88.8 cm³/mol. The Hall–Kier alpha value is -2.77. The van der Waals surface area contributed by atoms with Crippen LogP contribution in [0.4, 0.5) is 8.78 Å². The van der Waals surface area contributed by atoms with E-state index in [1.807, 2.05) is 13.8 Å². The molecule has 2 aromatic rings. The molecule has 132 valence electrons. The van der Waals surface area contributed by atoms with Gasteiger partial charge in [-0.05, 0) is 31.6 Å². The highest BCUT2D eigenvalue weighted by Gasteiger charge is 2.24. The van der Waals surface area contributed by atoms with E-state index in [0.29, 0.717) is 16.7 Å². The molecule has 0 saturated heterocycles. The van der Waals surface area contributed by atoms with E-state index in [1.54, 1.807) is 0 Å².